The topological polar surface area (TPSA) is 37.9 Å². The first kappa shape index (κ1) is 12.5. The molecule has 0 aliphatic rings. The predicted molar refractivity (Wildman–Crippen MR) is 59.1 cm³/mol. The molecule has 0 aliphatic heterocycles. The van der Waals surface area contributed by atoms with E-state index < -0.39 is 11.7 Å². The molecule has 0 saturated heterocycles. The minimum absolute atomic E-state index is 0.0269. The molecule has 0 bridgehead atoms. The normalized spacial score (nSPS) is 11.6. The summed E-state index contributed by atoms with van der Waals surface area (Å²) in [5, 5.41) is 0. The Bertz CT molecular complexity index is 534. The fourth-order valence-electron chi connectivity index (χ4n) is 1.51. The molecule has 0 unspecified atom stereocenters. The molecule has 2 aromatic rings. The maximum atomic E-state index is 12.7. The summed E-state index contributed by atoms with van der Waals surface area (Å²) in [5.74, 6) is 0.295. The highest BCUT2D eigenvalue weighted by Gasteiger charge is 2.34. The highest BCUT2D eigenvalue weighted by Crippen LogP contribution is 2.36. The van der Waals surface area contributed by atoms with Crippen molar-refractivity contribution < 1.29 is 17.9 Å². The van der Waals surface area contributed by atoms with Gasteiger partial charge in [0.05, 0.1) is 5.56 Å². The fourth-order valence-corrected chi connectivity index (χ4v) is 1.51. The molecular formula is C12H11F3N2O. The Labute approximate surface area is 102 Å². The van der Waals surface area contributed by atoms with Crippen molar-refractivity contribution in [2.75, 3.05) is 0 Å². The highest BCUT2D eigenvalue weighted by molar-refractivity contribution is 5.35. The van der Waals surface area contributed by atoms with E-state index in [1.165, 1.54) is 18.2 Å². The van der Waals surface area contributed by atoms with Gasteiger partial charge < -0.3 is 9.72 Å². The van der Waals surface area contributed by atoms with E-state index in [2.05, 4.69) is 9.97 Å². The van der Waals surface area contributed by atoms with E-state index in [9.17, 15) is 13.2 Å². The van der Waals surface area contributed by atoms with Crippen LogP contribution in [0.5, 0.6) is 5.75 Å². The van der Waals surface area contributed by atoms with Crippen LogP contribution in [0.2, 0.25) is 0 Å². The lowest BCUT2D eigenvalue weighted by molar-refractivity contribution is -0.139. The molecule has 0 amide bonds. The summed E-state index contributed by atoms with van der Waals surface area (Å²) in [4.78, 5) is 6.85. The molecule has 1 aromatic carbocycles. The Balaban J connectivity index is 2.14. The molecule has 1 heterocycles. The SMILES string of the molecule is Cc1cnc(COc2ccccc2C(F)(F)F)[nH]1. The van der Waals surface area contributed by atoms with Crippen molar-refractivity contribution in [1.82, 2.24) is 9.97 Å². The van der Waals surface area contributed by atoms with Crippen molar-refractivity contribution in [2.24, 2.45) is 0 Å². The molecular weight excluding hydrogens is 245 g/mol. The summed E-state index contributed by atoms with van der Waals surface area (Å²) in [6, 6.07) is 5.10. The quantitative estimate of drug-likeness (QED) is 0.914. The highest BCUT2D eigenvalue weighted by atomic mass is 19.4. The number of halogens is 3. The third-order valence-corrected chi connectivity index (χ3v) is 2.31. The van der Waals surface area contributed by atoms with Crippen LogP contribution in [0.3, 0.4) is 0 Å². The van der Waals surface area contributed by atoms with Gasteiger partial charge in [-0.15, -0.1) is 0 Å². The first-order valence-electron chi connectivity index (χ1n) is 5.26. The third kappa shape index (κ3) is 2.82. The number of hydrogen-bond donors (Lipinski definition) is 1. The van der Waals surface area contributed by atoms with Gasteiger partial charge in [-0.2, -0.15) is 13.2 Å². The second-order valence-electron chi connectivity index (χ2n) is 3.80. The third-order valence-electron chi connectivity index (χ3n) is 2.31. The standard InChI is InChI=1S/C12H11F3N2O/c1-8-6-16-11(17-8)7-18-10-5-3-2-4-9(10)12(13,14)15/h2-6H,7H2,1H3,(H,16,17). The van der Waals surface area contributed by atoms with Crippen molar-refractivity contribution in [3.63, 3.8) is 0 Å². The van der Waals surface area contributed by atoms with Gasteiger partial charge in [-0.05, 0) is 19.1 Å². The van der Waals surface area contributed by atoms with E-state index in [1.807, 2.05) is 0 Å². The number of H-pyrrole nitrogens is 1. The van der Waals surface area contributed by atoms with Crippen molar-refractivity contribution in [3.05, 3.63) is 47.5 Å². The van der Waals surface area contributed by atoms with Gasteiger partial charge in [0.2, 0.25) is 0 Å². The van der Waals surface area contributed by atoms with E-state index in [0.29, 0.717) is 5.82 Å². The van der Waals surface area contributed by atoms with Gasteiger partial charge >= 0.3 is 6.18 Å². The van der Waals surface area contributed by atoms with Gasteiger partial charge in [-0.25, -0.2) is 4.98 Å². The molecule has 1 aromatic heterocycles. The monoisotopic (exact) mass is 256 g/mol. The number of rotatable bonds is 3. The van der Waals surface area contributed by atoms with Crippen molar-refractivity contribution in [1.29, 1.82) is 0 Å². The van der Waals surface area contributed by atoms with E-state index in [0.717, 1.165) is 11.8 Å². The Morgan fingerprint density at radius 1 is 1.28 bits per heavy atom. The first-order valence-corrected chi connectivity index (χ1v) is 5.26. The molecule has 0 fully saturated rings. The summed E-state index contributed by atoms with van der Waals surface area (Å²) < 4.78 is 43.2. The van der Waals surface area contributed by atoms with Crippen LogP contribution in [0, 0.1) is 6.92 Å². The molecule has 3 nitrogen and oxygen atoms in total. The molecule has 96 valence electrons. The second-order valence-corrected chi connectivity index (χ2v) is 3.80. The van der Waals surface area contributed by atoms with Gasteiger partial charge in [0.1, 0.15) is 18.2 Å². The number of aromatic amines is 1. The van der Waals surface area contributed by atoms with Gasteiger partial charge in [0.15, 0.2) is 0 Å². The predicted octanol–water partition coefficient (Wildman–Crippen LogP) is 3.32. The number of ether oxygens (including phenoxy) is 1. The number of nitrogens with zero attached hydrogens (tertiary/aromatic N) is 1. The van der Waals surface area contributed by atoms with Crippen LogP contribution < -0.4 is 4.74 Å². The lowest BCUT2D eigenvalue weighted by atomic mass is 10.2. The zero-order chi connectivity index (χ0) is 13.2. The summed E-state index contributed by atoms with van der Waals surface area (Å²) >= 11 is 0. The maximum absolute atomic E-state index is 12.7. The number of hydrogen-bond acceptors (Lipinski definition) is 2. The van der Waals surface area contributed by atoms with Crippen LogP contribution >= 0.6 is 0 Å². The zero-order valence-electron chi connectivity index (χ0n) is 9.58. The van der Waals surface area contributed by atoms with Gasteiger partial charge in [0, 0.05) is 11.9 Å². The van der Waals surface area contributed by atoms with Crippen LogP contribution in [0.1, 0.15) is 17.1 Å². The minimum atomic E-state index is -4.42. The number of alkyl halides is 3. The molecule has 0 spiro atoms. The van der Waals surface area contributed by atoms with Gasteiger partial charge in [-0.1, -0.05) is 12.1 Å². The van der Waals surface area contributed by atoms with Crippen molar-refractivity contribution in [3.8, 4) is 5.75 Å². The zero-order valence-corrected chi connectivity index (χ0v) is 9.58. The summed E-state index contributed by atoms with van der Waals surface area (Å²) in [6.07, 6.45) is -2.83. The summed E-state index contributed by atoms with van der Waals surface area (Å²) in [5.41, 5.74) is 0.0472. The molecule has 0 radical (unpaired) electrons. The molecule has 0 aliphatic carbocycles. The molecule has 2 rings (SSSR count). The number of benzene rings is 1. The smallest absolute Gasteiger partial charge is 0.419 e. The van der Waals surface area contributed by atoms with Crippen LogP contribution in [0.25, 0.3) is 0 Å². The van der Waals surface area contributed by atoms with Crippen LogP contribution in [-0.2, 0) is 12.8 Å². The van der Waals surface area contributed by atoms with Crippen molar-refractivity contribution >= 4 is 0 Å². The number of para-hydroxylation sites is 1. The minimum Gasteiger partial charge on any atom is -0.485 e. The number of nitrogens with one attached hydrogen (secondary N) is 1. The van der Waals surface area contributed by atoms with E-state index >= 15 is 0 Å². The lowest BCUT2D eigenvalue weighted by Gasteiger charge is -2.12. The Morgan fingerprint density at radius 3 is 2.61 bits per heavy atom. The maximum Gasteiger partial charge on any atom is 0.419 e. The Kier molecular flexibility index (Phi) is 3.27. The van der Waals surface area contributed by atoms with Gasteiger partial charge in [0.25, 0.3) is 0 Å². The fraction of sp³-hybridized carbons (Fsp3) is 0.250. The van der Waals surface area contributed by atoms with Crippen LogP contribution in [0.15, 0.2) is 30.5 Å². The molecule has 6 heteroatoms. The number of aromatic nitrogens is 2. The van der Waals surface area contributed by atoms with Crippen LogP contribution in [0.4, 0.5) is 13.2 Å². The molecule has 18 heavy (non-hydrogen) atoms. The Hall–Kier alpha value is -1.98. The summed E-state index contributed by atoms with van der Waals surface area (Å²) in [6.45, 7) is 1.78. The van der Waals surface area contributed by atoms with E-state index in [-0.39, 0.29) is 12.4 Å². The molecule has 0 atom stereocenters. The van der Waals surface area contributed by atoms with Gasteiger partial charge in [-0.3, -0.25) is 0 Å². The van der Waals surface area contributed by atoms with E-state index in [4.69, 9.17) is 4.74 Å². The average Bonchev–Trinajstić information content (AvgIpc) is 2.72. The largest absolute Gasteiger partial charge is 0.485 e. The first-order chi connectivity index (χ1) is 8.47. The molecule has 0 saturated carbocycles. The number of imidazole rings is 1. The number of aryl methyl sites for hydroxylation is 1. The summed E-state index contributed by atoms with van der Waals surface area (Å²) in [7, 11) is 0. The average molecular weight is 256 g/mol. The van der Waals surface area contributed by atoms with Crippen LogP contribution in [-0.4, -0.2) is 9.97 Å². The van der Waals surface area contributed by atoms with Crippen molar-refractivity contribution in [2.45, 2.75) is 19.7 Å². The molecule has 1 N–H and O–H groups in total. The lowest BCUT2D eigenvalue weighted by Crippen LogP contribution is -2.08. The van der Waals surface area contributed by atoms with E-state index in [1.54, 1.807) is 13.1 Å². The second kappa shape index (κ2) is 4.72. The Morgan fingerprint density at radius 2 is 2.00 bits per heavy atom.